The molecule has 6 heteroatoms. The normalized spacial score (nSPS) is 10.8. The molecule has 0 radical (unpaired) electrons. The van der Waals surface area contributed by atoms with E-state index in [2.05, 4.69) is 10.3 Å². The van der Waals surface area contributed by atoms with Gasteiger partial charge in [0.15, 0.2) is 0 Å². The standard InChI is InChI=1S/C18H13N3O3/c22-18(8-7-13-3-1-5-15(11-13)21(23)24)20-17-6-2-4-14-12-19-10-9-16(14)17/h1-12H,(H,20,22)/b8-7+. The summed E-state index contributed by atoms with van der Waals surface area (Å²) in [6.45, 7) is 0. The Morgan fingerprint density at radius 1 is 1.17 bits per heavy atom. The van der Waals surface area contributed by atoms with Gasteiger partial charge in [-0.05, 0) is 23.8 Å². The van der Waals surface area contributed by atoms with Crippen LogP contribution < -0.4 is 5.32 Å². The number of nitrogens with one attached hydrogen (secondary N) is 1. The van der Waals surface area contributed by atoms with Gasteiger partial charge in [-0.25, -0.2) is 0 Å². The third-order valence-corrected chi connectivity index (χ3v) is 3.45. The molecule has 0 aliphatic heterocycles. The van der Waals surface area contributed by atoms with Crippen LogP contribution in [0, 0.1) is 10.1 Å². The third-order valence-electron chi connectivity index (χ3n) is 3.45. The second kappa shape index (κ2) is 6.70. The summed E-state index contributed by atoms with van der Waals surface area (Å²) >= 11 is 0. The van der Waals surface area contributed by atoms with Crippen LogP contribution >= 0.6 is 0 Å². The number of fused-ring (bicyclic) bond motifs is 1. The molecule has 0 bridgehead atoms. The predicted octanol–water partition coefficient (Wildman–Crippen LogP) is 3.79. The Kier molecular flexibility index (Phi) is 4.29. The summed E-state index contributed by atoms with van der Waals surface area (Å²) in [5.74, 6) is -0.314. The molecule has 1 amide bonds. The number of benzene rings is 2. The fraction of sp³-hybridized carbons (Fsp3) is 0. The number of nitro groups is 1. The van der Waals surface area contributed by atoms with Gasteiger partial charge >= 0.3 is 0 Å². The van der Waals surface area contributed by atoms with E-state index in [4.69, 9.17) is 0 Å². The molecule has 0 saturated heterocycles. The number of non-ortho nitro benzene ring substituents is 1. The molecule has 3 aromatic rings. The van der Waals surface area contributed by atoms with Gasteiger partial charge in [-0.1, -0.05) is 24.3 Å². The van der Waals surface area contributed by atoms with Crippen molar-refractivity contribution < 1.29 is 9.72 Å². The van der Waals surface area contributed by atoms with Gasteiger partial charge in [0.1, 0.15) is 0 Å². The van der Waals surface area contributed by atoms with Crippen LogP contribution in [0.4, 0.5) is 11.4 Å². The van der Waals surface area contributed by atoms with Gasteiger partial charge in [0.2, 0.25) is 5.91 Å². The molecule has 6 nitrogen and oxygen atoms in total. The molecule has 1 aromatic heterocycles. The van der Waals surface area contributed by atoms with E-state index in [0.29, 0.717) is 11.3 Å². The van der Waals surface area contributed by atoms with E-state index in [9.17, 15) is 14.9 Å². The summed E-state index contributed by atoms with van der Waals surface area (Å²) in [5.41, 5.74) is 1.25. The molecular weight excluding hydrogens is 306 g/mol. The van der Waals surface area contributed by atoms with Crippen LogP contribution in [-0.2, 0) is 4.79 Å². The van der Waals surface area contributed by atoms with Gasteiger partial charge in [0.05, 0.1) is 4.92 Å². The lowest BCUT2D eigenvalue weighted by Crippen LogP contribution is -2.08. The fourth-order valence-corrected chi connectivity index (χ4v) is 2.32. The number of hydrogen-bond acceptors (Lipinski definition) is 4. The molecule has 0 saturated carbocycles. The number of carbonyl (C=O) groups is 1. The van der Waals surface area contributed by atoms with Crippen molar-refractivity contribution in [1.29, 1.82) is 0 Å². The number of nitrogens with zero attached hydrogens (tertiary/aromatic N) is 2. The van der Waals surface area contributed by atoms with Crippen molar-refractivity contribution in [3.8, 4) is 0 Å². The quantitative estimate of drug-likeness (QED) is 0.450. The van der Waals surface area contributed by atoms with Crippen LogP contribution in [0.3, 0.4) is 0 Å². The summed E-state index contributed by atoms with van der Waals surface area (Å²) in [6.07, 6.45) is 6.27. The van der Waals surface area contributed by atoms with Crippen molar-refractivity contribution in [3.63, 3.8) is 0 Å². The van der Waals surface area contributed by atoms with E-state index in [1.165, 1.54) is 24.3 Å². The summed E-state index contributed by atoms with van der Waals surface area (Å²) < 4.78 is 0. The van der Waals surface area contributed by atoms with E-state index in [-0.39, 0.29) is 11.6 Å². The zero-order chi connectivity index (χ0) is 16.9. The van der Waals surface area contributed by atoms with Crippen molar-refractivity contribution in [2.24, 2.45) is 0 Å². The maximum absolute atomic E-state index is 12.1. The second-order valence-electron chi connectivity index (χ2n) is 5.08. The zero-order valence-electron chi connectivity index (χ0n) is 12.5. The molecule has 0 aliphatic rings. The Hall–Kier alpha value is -3.54. The molecule has 0 fully saturated rings. The van der Waals surface area contributed by atoms with Crippen molar-refractivity contribution in [2.75, 3.05) is 5.32 Å². The van der Waals surface area contributed by atoms with E-state index < -0.39 is 4.92 Å². The molecule has 3 rings (SSSR count). The van der Waals surface area contributed by atoms with Gasteiger partial charge in [0.25, 0.3) is 5.69 Å². The Morgan fingerprint density at radius 3 is 2.83 bits per heavy atom. The average molecular weight is 319 g/mol. The number of rotatable bonds is 4. The minimum atomic E-state index is -0.471. The van der Waals surface area contributed by atoms with Gasteiger partial charge in [0, 0.05) is 47.1 Å². The van der Waals surface area contributed by atoms with E-state index >= 15 is 0 Å². The Balaban J connectivity index is 1.78. The van der Waals surface area contributed by atoms with Crippen LogP contribution in [0.15, 0.2) is 67.0 Å². The monoisotopic (exact) mass is 319 g/mol. The number of nitro benzene ring substituents is 1. The highest BCUT2D eigenvalue weighted by Crippen LogP contribution is 2.22. The highest BCUT2D eigenvalue weighted by Gasteiger charge is 2.05. The van der Waals surface area contributed by atoms with Crippen LogP contribution in [-0.4, -0.2) is 15.8 Å². The SMILES string of the molecule is O=C(/C=C/c1cccc([N+](=O)[O-])c1)Nc1cccc2cnccc12. The van der Waals surface area contributed by atoms with Crippen LogP contribution in [0.1, 0.15) is 5.56 Å². The molecule has 0 spiro atoms. The van der Waals surface area contributed by atoms with E-state index in [0.717, 1.165) is 10.8 Å². The summed E-state index contributed by atoms with van der Waals surface area (Å²) in [4.78, 5) is 26.4. The van der Waals surface area contributed by atoms with Crippen LogP contribution in [0.2, 0.25) is 0 Å². The van der Waals surface area contributed by atoms with Crippen LogP contribution in [0.25, 0.3) is 16.8 Å². The summed E-state index contributed by atoms with van der Waals surface area (Å²) in [7, 11) is 0. The molecule has 2 aromatic carbocycles. The molecule has 0 aliphatic carbocycles. The van der Waals surface area contributed by atoms with Gasteiger partial charge < -0.3 is 5.32 Å². The number of amides is 1. The summed E-state index contributed by atoms with van der Waals surface area (Å²) in [5, 5.41) is 15.4. The topological polar surface area (TPSA) is 85.1 Å². The smallest absolute Gasteiger partial charge is 0.270 e. The van der Waals surface area contributed by atoms with E-state index in [1.54, 1.807) is 30.6 Å². The highest BCUT2D eigenvalue weighted by molar-refractivity contribution is 6.07. The first-order valence-corrected chi connectivity index (χ1v) is 7.20. The first-order valence-electron chi connectivity index (χ1n) is 7.20. The maximum atomic E-state index is 12.1. The molecule has 1 heterocycles. The number of aromatic nitrogens is 1. The van der Waals surface area contributed by atoms with Gasteiger partial charge in [-0.3, -0.25) is 19.9 Å². The highest BCUT2D eigenvalue weighted by atomic mass is 16.6. The molecule has 24 heavy (non-hydrogen) atoms. The second-order valence-corrected chi connectivity index (χ2v) is 5.08. The molecule has 118 valence electrons. The minimum Gasteiger partial charge on any atom is -0.322 e. The van der Waals surface area contributed by atoms with Crippen molar-refractivity contribution in [2.45, 2.75) is 0 Å². The van der Waals surface area contributed by atoms with Crippen LogP contribution in [0.5, 0.6) is 0 Å². The predicted molar refractivity (Wildman–Crippen MR) is 92.5 cm³/mol. The van der Waals surface area contributed by atoms with Gasteiger partial charge in [-0.15, -0.1) is 0 Å². The zero-order valence-corrected chi connectivity index (χ0v) is 12.5. The lowest BCUT2D eigenvalue weighted by molar-refractivity contribution is -0.384. The minimum absolute atomic E-state index is 0.0147. The Labute approximate surface area is 137 Å². The molecule has 1 N–H and O–H groups in total. The molecule has 0 unspecified atom stereocenters. The number of pyridine rings is 1. The van der Waals surface area contributed by atoms with Crippen molar-refractivity contribution in [1.82, 2.24) is 4.98 Å². The Bertz CT molecular complexity index is 946. The first kappa shape index (κ1) is 15.4. The largest absolute Gasteiger partial charge is 0.322 e. The molecule has 0 atom stereocenters. The first-order chi connectivity index (χ1) is 11.6. The number of carbonyl (C=O) groups excluding carboxylic acids is 1. The van der Waals surface area contributed by atoms with Gasteiger partial charge in [-0.2, -0.15) is 0 Å². The van der Waals surface area contributed by atoms with Crippen molar-refractivity contribution in [3.05, 3.63) is 82.7 Å². The Morgan fingerprint density at radius 2 is 2.00 bits per heavy atom. The fourth-order valence-electron chi connectivity index (χ4n) is 2.32. The van der Waals surface area contributed by atoms with E-state index in [1.807, 2.05) is 18.2 Å². The third kappa shape index (κ3) is 3.44. The summed E-state index contributed by atoms with van der Waals surface area (Å²) in [6, 6.07) is 13.5. The number of anilines is 1. The lowest BCUT2D eigenvalue weighted by Gasteiger charge is -2.06. The lowest BCUT2D eigenvalue weighted by atomic mass is 10.1. The maximum Gasteiger partial charge on any atom is 0.270 e. The van der Waals surface area contributed by atoms with Crippen molar-refractivity contribution >= 4 is 34.1 Å². The average Bonchev–Trinajstić information content (AvgIpc) is 2.60. The number of hydrogen-bond donors (Lipinski definition) is 1. The molecular formula is C18H13N3O3.